The molecule has 0 aliphatic heterocycles. The molecule has 0 radical (unpaired) electrons. The van der Waals surface area contributed by atoms with Crippen LogP contribution in [0.15, 0.2) is 67.3 Å². The third kappa shape index (κ3) is 3.58. The van der Waals surface area contributed by atoms with Gasteiger partial charge >= 0.3 is 0 Å². The van der Waals surface area contributed by atoms with Crippen molar-refractivity contribution >= 4 is 5.78 Å². The van der Waals surface area contributed by atoms with E-state index in [1.165, 1.54) is 0 Å². The summed E-state index contributed by atoms with van der Waals surface area (Å²) < 4.78 is 11.5. The fourth-order valence-electron chi connectivity index (χ4n) is 3.60. The zero-order valence-corrected chi connectivity index (χ0v) is 14.6. The first-order chi connectivity index (χ1) is 12.2. The van der Waals surface area contributed by atoms with Crippen molar-refractivity contribution in [2.24, 2.45) is 5.92 Å². The van der Waals surface area contributed by atoms with Crippen molar-refractivity contribution < 1.29 is 14.3 Å². The molecule has 3 nitrogen and oxygen atoms in total. The minimum atomic E-state index is -0.400. The van der Waals surface area contributed by atoms with Gasteiger partial charge in [0.1, 0.15) is 0 Å². The van der Waals surface area contributed by atoms with Crippen LogP contribution in [0.2, 0.25) is 0 Å². The molecule has 1 aliphatic rings. The Balaban J connectivity index is 1.76. The molecule has 0 atom stereocenters. The maximum Gasteiger partial charge on any atom is 0.166 e. The topological polar surface area (TPSA) is 35.5 Å². The number of hydrogen-bond donors (Lipinski definition) is 0. The molecule has 25 heavy (non-hydrogen) atoms. The van der Waals surface area contributed by atoms with Crippen LogP contribution in [0, 0.1) is 5.92 Å². The summed E-state index contributed by atoms with van der Waals surface area (Å²) in [6.07, 6.45) is 3.15. The summed E-state index contributed by atoms with van der Waals surface area (Å²) in [4.78, 5) is 12.7. The lowest BCUT2D eigenvalue weighted by atomic mass is 9.64. The second kappa shape index (κ2) is 7.77. The van der Waals surface area contributed by atoms with Crippen LogP contribution in [0.25, 0.3) is 0 Å². The highest BCUT2D eigenvalue weighted by Crippen LogP contribution is 2.50. The van der Waals surface area contributed by atoms with Crippen molar-refractivity contribution in [2.75, 3.05) is 13.7 Å². The molecule has 0 saturated heterocycles. The number of ether oxygens (including phenoxy) is 2. The monoisotopic (exact) mass is 336 g/mol. The molecule has 3 heteroatoms. The lowest BCUT2D eigenvalue weighted by molar-refractivity contribution is -0.102. The summed E-state index contributed by atoms with van der Waals surface area (Å²) in [5, 5.41) is 0. The van der Waals surface area contributed by atoms with Crippen LogP contribution in [0.3, 0.4) is 0 Å². The standard InChI is InChI=1S/C22H24O3/c1-3-13-25-16-18-11-7-8-12-20(18)22(24-2)14-19(15-22)21(23)17-9-5-4-6-10-17/h3-12,19H,1,13-16H2,2H3. The Bertz CT molecular complexity index is 730. The number of carbonyl (C=O) groups is 1. The van der Waals surface area contributed by atoms with Crippen LogP contribution in [0.5, 0.6) is 0 Å². The largest absolute Gasteiger partial charge is 0.373 e. The Hall–Kier alpha value is -2.23. The average Bonchev–Trinajstić information content (AvgIpc) is 2.63. The van der Waals surface area contributed by atoms with Crippen molar-refractivity contribution in [3.05, 3.63) is 83.9 Å². The van der Waals surface area contributed by atoms with Crippen LogP contribution < -0.4 is 0 Å². The third-order valence-corrected chi connectivity index (χ3v) is 4.97. The van der Waals surface area contributed by atoms with E-state index in [1.807, 2.05) is 42.5 Å². The second-order valence-corrected chi connectivity index (χ2v) is 6.49. The zero-order valence-electron chi connectivity index (χ0n) is 14.6. The number of ketones is 1. The number of carbonyl (C=O) groups excluding carboxylic acids is 1. The number of methoxy groups -OCH3 is 1. The van der Waals surface area contributed by atoms with E-state index in [-0.39, 0.29) is 11.7 Å². The molecule has 0 amide bonds. The van der Waals surface area contributed by atoms with Gasteiger partial charge in [-0.2, -0.15) is 0 Å². The van der Waals surface area contributed by atoms with Crippen molar-refractivity contribution in [3.8, 4) is 0 Å². The molecule has 0 aromatic heterocycles. The van der Waals surface area contributed by atoms with Gasteiger partial charge in [0.2, 0.25) is 0 Å². The number of rotatable bonds is 8. The first-order valence-corrected chi connectivity index (χ1v) is 8.61. The first kappa shape index (κ1) is 17.6. The van der Waals surface area contributed by atoms with Crippen LogP contribution in [-0.4, -0.2) is 19.5 Å². The molecule has 0 unspecified atom stereocenters. The molecule has 1 aliphatic carbocycles. The second-order valence-electron chi connectivity index (χ2n) is 6.49. The molecule has 0 spiro atoms. The van der Waals surface area contributed by atoms with Crippen molar-refractivity contribution in [1.29, 1.82) is 0 Å². The van der Waals surface area contributed by atoms with Gasteiger partial charge in [-0.1, -0.05) is 60.7 Å². The van der Waals surface area contributed by atoms with E-state index in [9.17, 15) is 4.79 Å². The van der Waals surface area contributed by atoms with Crippen LogP contribution in [-0.2, 0) is 21.7 Å². The Labute approximate surface area is 149 Å². The average molecular weight is 336 g/mol. The Morgan fingerprint density at radius 1 is 1.16 bits per heavy atom. The van der Waals surface area contributed by atoms with Crippen LogP contribution in [0.1, 0.15) is 34.3 Å². The van der Waals surface area contributed by atoms with Gasteiger partial charge in [-0.3, -0.25) is 4.79 Å². The normalized spacial score (nSPS) is 22.2. The maximum atomic E-state index is 12.7. The number of hydrogen-bond acceptors (Lipinski definition) is 3. The SMILES string of the molecule is C=CCOCc1ccccc1C1(OC)CC(C(=O)c2ccccc2)C1. The Morgan fingerprint density at radius 2 is 1.84 bits per heavy atom. The number of benzene rings is 2. The third-order valence-electron chi connectivity index (χ3n) is 4.97. The predicted molar refractivity (Wildman–Crippen MR) is 98.5 cm³/mol. The van der Waals surface area contributed by atoms with Gasteiger partial charge in [0, 0.05) is 18.6 Å². The highest BCUT2D eigenvalue weighted by Gasteiger charge is 2.49. The molecule has 0 heterocycles. The van der Waals surface area contributed by atoms with Crippen LogP contribution in [0.4, 0.5) is 0 Å². The Kier molecular flexibility index (Phi) is 5.47. The van der Waals surface area contributed by atoms with E-state index in [0.717, 1.165) is 16.7 Å². The first-order valence-electron chi connectivity index (χ1n) is 8.61. The molecule has 0 N–H and O–H groups in total. The van der Waals surface area contributed by atoms with Gasteiger partial charge in [0.05, 0.1) is 18.8 Å². The minimum absolute atomic E-state index is 0.00417. The molecule has 0 bridgehead atoms. The maximum absolute atomic E-state index is 12.7. The van der Waals surface area contributed by atoms with Gasteiger partial charge in [0.15, 0.2) is 5.78 Å². The molecule has 2 aromatic rings. The minimum Gasteiger partial charge on any atom is -0.373 e. The molecule has 130 valence electrons. The van der Waals surface area contributed by atoms with Gasteiger partial charge < -0.3 is 9.47 Å². The smallest absolute Gasteiger partial charge is 0.166 e. The fourth-order valence-corrected chi connectivity index (χ4v) is 3.60. The van der Waals surface area contributed by atoms with Gasteiger partial charge in [-0.15, -0.1) is 6.58 Å². The summed E-state index contributed by atoms with van der Waals surface area (Å²) >= 11 is 0. The van der Waals surface area contributed by atoms with Gasteiger partial charge in [-0.05, 0) is 24.0 Å². The highest BCUT2D eigenvalue weighted by atomic mass is 16.5. The van der Waals surface area contributed by atoms with E-state index in [2.05, 4.69) is 18.7 Å². The van der Waals surface area contributed by atoms with E-state index in [0.29, 0.717) is 26.1 Å². The van der Waals surface area contributed by atoms with Crippen molar-refractivity contribution in [1.82, 2.24) is 0 Å². The predicted octanol–water partition coefficient (Wildman–Crippen LogP) is 4.52. The molecule has 3 rings (SSSR count). The van der Waals surface area contributed by atoms with E-state index in [1.54, 1.807) is 13.2 Å². The van der Waals surface area contributed by atoms with Crippen molar-refractivity contribution in [3.63, 3.8) is 0 Å². The summed E-state index contributed by atoms with van der Waals surface area (Å²) in [6.45, 7) is 4.71. The van der Waals surface area contributed by atoms with Gasteiger partial charge in [0.25, 0.3) is 0 Å². The summed E-state index contributed by atoms with van der Waals surface area (Å²) in [6, 6.07) is 17.7. The lowest BCUT2D eigenvalue weighted by Crippen LogP contribution is -2.46. The van der Waals surface area contributed by atoms with E-state index in [4.69, 9.17) is 9.47 Å². The molecule has 1 saturated carbocycles. The zero-order chi connectivity index (χ0) is 17.7. The van der Waals surface area contributed by atoms with E-state index >= 15 is 0 Å². The summed E-state index contributed by atoms with van der Waals surface area (Å²) in [5.41, 5.74) is 2.61. The van der Waals surface area contributed by atoms with Gasteiger partial charge in [-0.25, -0.2) is 0 Å². The van der Waals surface area contributed by atoms with Crippen LogP contribution >= 0.6 is 0 Å². The number of Topliss-reactive ketones (excluding diaryl/α,β-unsaturated/α-hetero) is 1. The molecule has 2 aromatic carbocycles. The summed E-state index contributed by atoms with van der Waals surface area (Å²) in [7, 11) is 1.73. The lowest BCUT2D eigenvalue weighted by Gasteiger charge is -2.47. The van der Waals surface area contributed by atoms with Crippen molar-refractivity contribution in [2.45, 2.75) is 25.0 Å². The molecular formula is C22H24O3. The van der Waals surface area contributed by atoms with E-state index < -0.39 is 5.60 Å². The fraction of sp³-hybridized carbons (Fsp3) is 0.318. The molecular weight excluding hydrogens is 312 g/mol. The highest BCUT2D eigenvalue weighted by molar-refractivity contribution is 5.98. The summed E-state index contributed by atoms with van der Waals surface area (Å²) in [5.74, 6) is 0.207. The quantitative estimate of drug-likeness (QED) is 0.404. The Morgan fingerprint density at radius 3 is 2.52 bits per heavy atom. The molecule has 1 fully saturated rings.